The van der Waals surface area contributed by atoms with E-state index >= 15 is 0 Å². The molecule has 0 aromatic carbocycles. The van der Waals surface area contributed by atoms with Crippen LogP contribution in [0.15, 0.2) is 5.38 Å². The van der Waals surface area contributed by atoms with Crippen molar-refractivity contribution in [3.63, 3.8) is 0 Å². The van der Waals surface area contributed by atoms with Crippen LogP contribution >= 0.6 is 11.3 Å². The molecule has 0 radical (unpaired) electrons. The molecule has 0 saturated carbocycles. The summed E-state index contributed by atoms with van der Waals surface area (Å²) >= 11 is 1.07. The Bertz CT molecular complexity index is 529. The minimum absolute atomic E-state index is 0.0552. The van der Waals surface area contributed by atoms with E-state index in [1.54, 1.807) is 13.8 Å². The Morgan fingerprint density at radius 1 is 1.43 bits per heavy atom. The van der Waals surface area contributed by atoms with Gasteiger partial charge in [-0.25, -0.2) is 9.78 Å². The number of thiazole rings is 1. The summed E-state index contributed by atoms with van der Waals surface area (Å²) in [6, 6.07) is -0.995. The number of ether oxygens (including phenoxy) is 1. The summed E-state index contributed by atoms with van der Waals surface area (Å²) in [7, 11) is 1.39. The number of nitrogens with zero attached hydrogens (tertiary/aromatic N) is 1. The van der Waals surface area contributed by atoms with Gasteiger partial charge in [-0.2, -0.15) is 0 Å². The van der Waals surface area contributed by atoms with Crippen molar-refractivity contribution < 1.29 is 24.2 Å². The van der Waals surface area contributed by atoms with Gasteiger partial charge >= 0.3 is 5.97 Å². The number of nitrogens with one attached hydrogen (secondary N) is 2. The first kappa shape index (κ1) is 17.1. The van der Waals surface area contributed by atoms with Crippen molar-refractivity contribution in [3.05, 3.63) is 11.1 Å². The molecule has 116 valence electrons. The normalized spacial score (nSPS) is 12.0. The summed E-state index contributed by atoms with van der Waals surface area (Å²) < 4.78 is 4.66. The molecular formula is C12H17N3O5S. The zero-order chi connectivity index (χ0) is 16.0. The predicted molar refractivity (Wildman–Crippen MR) is 76.3 cm³/mol. The molecule has 1 atom stereocenters. The lowest BCUT2D eigenvalue weighted by atomic mass is 10.0. The molecule has 9 heteroatoms. The number of aromatic nitrogens is 1. The number of carboxylic acids is 1. The average Bonchev–Trinajstić information content (AvgIpc) is 2.83. The van der Waals surface area contributed by atoms with Crippen LogP contribution in [-0.4, -0.2) is 47.6 Å². The van der Waals surface area contributed by atoms with Crippen molar-refractivity contribution in [3.8, 4) is 0 Å². The van der Waals surface area contributed by atoms with Crippen molar-refractivity contribution >= 4 is 34.3 Å². The number of carbonyl (C=O) groups is 3. The van der Waals surface area contributed by atoms with E-state index in [1.165, 1.54) is 12.5 Å². The largest absolute Gasteiger partial charge is 0.480 e. The van der Waals surface area contributed by atoms with E-state index < -0.39 is 17.9 Å². The van der Waals surface area contributed by atoms with Crippen LogP contribution in [0.4, 0.5) is 5.13 Å². The maximum atomic E-state index is 11.9. The van der Waals surface area contributed by atoms with Gasteiger partial charge in [0.15, 0.2) is 5.13 Å². The number of rotatable bonds is 7. The van der Waals surface area contributed by atoms with Crippen LogP contribution in [0.1, 0.15) is 24.3 Å². The fraction of sp³-hybridized carbons (Fsp3) is 0.500. The lowest BCUT2D eigenvalue weighted by Crippen LogP contribution is -2.44. The highest BCUT2D eigenvalue weighted by Crippen LogP contribution is 2.15. The first-order valence-corrected chi connectivity index (χ1v) is 7.01. The average molecular weight is 315 g/mol. The number of methoxy groups -OCH3 is 1. The number of anilines is 1. The molecule has 0 spiro atoms. The molecule has 0 aliphatic heterocycles. The smallest absolute Gasteiger partial charge is 0.326 e. The Labute approximate surface area is 125 Å². The first-order chi connectivity index (χ1) is 9.85. The van der Waals surface area contributed by atoms with Crippen LogP contribution in [0.3, 0.4) is 0 Å². The third-order valence-corrected chi connectivity index (χ3v) is 3.24. The molecule has 21 heavy (non-hydrogen) atoms. The third-order valence-electron chi connectivity index (χ3n) is 2.48. The van der Waals surface area contributed by atoms with E-state index in [1.807, 2.05) is 0 Å². The molecule has 0 fully saturated rings. The van der Waals surface area contributed by atoms with E-state index in [2.05, 4.69) is 20.4 Å². The standard InChI is InChI=1S/C12H17N3O5S/c1-6(2)9(11(18)19)15-10(17)7-5-21-12(13-7)14-8(16)4-20-3/h5-6,9H,4H2,1-3H3,(H,15,17)(H,18,19)(H,13,14,16). The fourth-order valence-corrected chi connectivity index (χ4v) is 2.16. The Morgan fingerprint density at radius 2 is 2.10 bits per heavy atom. The zero-order valence-electron chi connectivity index (χ0n) is 11.9. The first-order valence-electron chi connectivity index (χ1n) is 6.13. The van der Waals surface area contributed by atoms with Crippen molar-refractivity contribution in [2.75, 3.05) is 19.0 Å². The maximum absolute atomic E-state index is 11.9. The lowest BCUT2D eigenvalue weighted by Gasteiger charge is -2.16. The van der Waals surface area contributed by atoms with Gasteiger partial charge in [-0.05, 0) is 5.92 Å². The van der Waals surface area contributed by atoms with Crippen LogP contribution in [-0.2, 0) is 14.3 Å². The molecule has 0 aliphatic carbocycles. The quantitative estimate of drug-likeness (QED) is 0.677. The van der Waals surface area contributed by atoms with Crippen LogP contribution in [0.5, 0.6) is 0 Å². The number of hydrogen-bond donors (Lipinski definition) is 3. The number of aliphatic carboxylic acids is 1. The van der Waals surface area contributed by atoms with Gasteiger partial charge in [0.2, 0.25) is 0 Å². The van der Waals surface area contributed by atoms with E-state index in [4.69, 9.17) is 5.11 Å². The maximum Gasteiger partial charge on any atom is 0.326 e. The van der Waals surface area contributed by atoms with Gasteiger partial charge in [0.25, 0.3) is 11.8 Å². The highest BCUT2D eigenvalue weighted by molar-refractivity contribution is 7.14. The summed E-state index contributed by atoms with van der Waals surface area (Å²) in [6.45, 7) is 3.27. The summed E-state index contributed by atoms with van der Waals surface area (Å²) in [4.78, 5) is 38.2. The Morgan fingerprint density at radius 3 is 2.62 bits per heavy atom. The molecule has 1 rings (SSSR count). The number of hydrogen-bond acceptors (Lipinski definition) is 6. The Kier molecular flexibility index (Phi) is 6.25. The predicted octanol–water partition coefficient (Wildman–Crippen LogP) is 0.567. The Hall–Kier alpha value is -2.00. The summed E-state index contributed by atoms with van der Waals surface area (Å²) in [5, 5.41) is 15.6. The summed E-state index contributed by atoms with van der Waals surface area (Å²) in [5.41, 5.74) is 0.0552. The highest BCUT2D eigenvalue weighted by atomic mass is 32.1. The van der Waals surface area contributed by atoms with Crippen LogP contribution in [0, 0.1) is 5.92 Å². The second-order valence-electron chi connectivity index (χ2n) is 4.55. The number of carboxylic acid groups (broad SMARTS) is 1. The van der Waals surface area contributed by atoms with Gasteiger partial charge < -0.3 is 15.2 Å². The molecule has 2 amide bonds. The molecule has 1 aromatic heterocycles. The molecule has 1 unspecified atom stereocenters. The van der Waals surface area contributed by atoms with E-state index in [9.17, 15) is 14.4 Å². The monoisotopic (exact) mass is 315 g/mol. The number of carbonyl (C=O) groups excluding carboxylic acids is 2. The molecule has 3 N–H and O–H groups in total. The lowest BCUT2D eigenvalue weighted by molar-refractivity contribution is -0.140. The number of amides is 2. The molecule has 0 saturated heterocycles. The highest BCUT2D eigenvalue weighted by Gasteiger charge is 2.25. The minimum Gasteiger partial charge on any atom is -0.480 e. The topological polar surface area (TPSA) is 118 Å². The van der Waals surface area contributed by atoms with Crippen LogP contribution in [0.25, 0.3) is 0 Å². The second kappa shape index (κ2) is 7.70. The van der Waals surface area contributed by atoms with Crippen LogP contribution < -0.4 is 10.6 Å². The molecule has 0 aliphatic rings. The van der Waals surface area contributed by atoms with E-state index in [0.29, 0.717) is 0 Å². The molecule has 0 bridgehead atoms. The second-order valence-corrected chi connectivity index (χ2v) is 5.41. The van der Waals surface area contributed by atoms with Gasteiger partial charge in [0, 0.05) is 12.5 Å². The molecule has 1 aromatic rings. The van der Waals surface area contributed by atoms with Crippen molar-refractivity contribution in [2.45, 2.75) is 19.9 Å². The van der Waals surface area contributed by atoms with E-state index in [-0.39, 0.29) is 29.3 Å². The van der Waals surface area contributed by atoms with Crippen LogP contribution in [0.2, 0.25) is 0 Å². The third kappa shape index (κ3) is 5.12. The van der Waals surface area contributed by atoms with Gasteiger partial charge in [0.1, 0.15) is 18.3 Å². The van der Waals surface area contributed by atoms with Crippen molar-refractivity contribution in [1.82, 2.24) is 10.3 Å². The molecule has 8 nitrogen and oxygen atoms in total. The fourth-order valence-electron chi connectivity index (χ4n) is 1.45. The van der Waals surface area contributed by atoms with Crippen molar-refractivity contribution in [1.29, 1.82) is 0 Å². The zero-order valence-corrected chi connectivity index (χ0v) is 12.7. The minimum atomic E-state index is -1.11. The Balaban J connectivity index is 2.69. The summed E-state index contributed by atoms with van der Waals surface area (Å²) in [5.74, 6) is -2.35. The molecular weight excluding hydrogens is 298 g/mol. The summed E-state index contributed by atoms with van der Waals surface area (Å²) in [6.07, 6.45) is 0. The van der Waals surface area contributed by atoms with Gasteiger partial charge in [0.05, 0.1) is 0 Å². The van der Waals surface area contributed by atoms with Gasteiger partial charge in [-0.15, -0.1) is 11.3 Å². The SMILES string of the molecule is COCC(=O)Nc1nc(C(=O)NC(C(=O)O)C(C)C)cs1. The molecule has 1 heterocycles. The van der Waals surface area contributed by atoms with E-state index in [0.717, 1.165) is 11.3 Å². The van der Waals surface area contributed by atoms with Gasteiger partial charge in [-0.1, -0.05) is 13.8 Å². The van der Waals surface area contributed by atoms with Gasteiger partial charge in [-0.3, -0.25) is 14.9 Å². The van der Waals surface area contributed by atoms with Crippen molar-refractivity contribution in [2.24, 2.45) is 5.92 Å².